The molecule has 1 amide bonds. The largest absolute Gasteiger partial charge is 0.492 e. The van der Waals surface area contributed by atoms with Gasteiger partial charge in [-0.2, -0.15) is 0 Å². The number of anilines is 1. The van der Waals surface area contributed by atoms with Gasteiger partial charge in [0.2, 0.25) is 0 Å². The van der Waals surface area contributed by atoms with Crippen LogP contribution in [-0.2, 0) is 13.0 Å². The first-order valence-corrected chi connectivity index (χ1v) is 12.0. The molecule has 1 atom stereocenters. The van der Waals surface area contributed by atoms with Crippen LogP contribution in [0.25, 0.3) is 0 Å². The van der Waals surface area contributed by atoms with Crippen LogP contribution in [0, 0.1) is 6.92 Å². The SMILES string of the molecule is CCOc1ccccc1N1CCN(C(=O)c2cn3c(n2)CCC(c2cccc(C)c2)C3)CC1. The molecule has 0 saturated carbocycles. The molecule has 0 aliphatic carbocycles. The highest BCUT2D eigenvalue weighted by molar-refractivity contribution is 5.92. The average Bonchev–Trinajstić information content (AvgIpc) is 3.28. The van der Waals surface area contributed by atoms with Gasteiger partial charge in [-0.15, -0.1) is 0 Å². The number of aryl methyl sites for hydroxylation is 2. The van der Waals surface area contributed by atoms with Crippen molar-refractivity contribution in [3.8, 4) is 5.75 Å². The second kappa shape index (κ2) is 9.30. The van der Waals surface area contributed by atoms with E-state index in [9.17, 15) is 4.79 Å². The first-order chi connectivity index (χ1) is 16.1. The number of ether oxygens (including phenoxy) is 1. The third-order valence-electron chi connectivity index (χ3n) is 6.80. The molecule has 2 aliphatic rings. The summed E-state index contributed by atoms with van der Waals surface area (Å²) in [7, 11) is 0. The number of imidazole rings is 1. The van der Waals surface area contributed by atoms with Crippen molar-refractivity contribution in [1.82, 2.24) is 14.5 Å². The van der Waals surface area contributed by atoms with Crippen molar-refractivity contribution in [2.45, 2.75) is 39.2 Å². The minimum Gasteiger partial charge on any atom is -0.492 e. The molecule has 6 heteroatoms. The number of aromatic nitrogens is 2. The van der Waals surface area contributed by atoms with Crippen LogP contribution in [0.2, 0.25) is 0 Å². The van der Waals surface area contributed by atoms with E-state index in [-0.39, 0.29) is 5.91 Å². The van der Waals surface area contributed by atoms with Crippen molar-refractivity contribution in [2.24, 2.45) is 0 Å². The van der Waals surface area contributed by atoms with E-state index in [1.807, 2.05) is 36.2 Å². The molecule has 0 spiro atoms. The number of carbonyl (C=O) groups excluding carboxylic acids is 1. The zero-order valence-electron chi connectivity index (χ0n) is 19.5. The molecule has 172 valence electrons. The van der Waals surface area contributed by atoms with Gasteiger partial charge in [0.1, 0.15) is 17.3 Å². The van der Waals surface area contributed by atoms with E-state index in [1.54, 1.807) is 0 Å². The fourth-order valence-corrected chi connectivity index (χ4v) is 5.05. The molecule has 1 saturated heterocycles. The second-order valence-electron chi connectivity index (χ2n) is 9.02. The van der Waals surface area contributed by atoms with E-state index in [0.717, 1.165) is 49.7 Å². The van der Waals surface area contributed by atoms with Crippen LogP contribution < -0.4 is 9.64 Å². The summed E-state index contributed by atoms with van der Waals surface area (Å²) in [4.78, 5) is 22.2. The minimum absolute atomic E-state index is 0.0433. The lowest BCUT2D eigenvalue weighted by atomic mass is 9.91. The molecule has 0 bridgehead atoms. The lowest BCUT2D eigenvalue weighted by Gasteiger charge is -2.36. The summed E-state index contributed by atoms with van der Waals surface area (Å²) in [6, 6.07) is 16.9. The maximum atomic E-state index is 13.2. The average molecular weight is 445 g/mol. The Bertz CT molecular complexity index is 1130. The van der Waals surface area contributed by atoms with Crippen molar-refractivity contribution in [3.63, 3.8) is 0 Å². The third-order valence-corrected chi connectivity index (χ3v) is 6.80. The van der Waals surface area contributed by atoms with Crippen LogP contribution in [0.3, 0.4) is 0 Å². The highest BCUT2D eigenvalue weighted by Gasteiger charge is 2.28. The number of fused-ring (bicyclic) bond motifs is 1. The van der Waals surface area contributed by atoms with Crippen LogP contribution in [0.4, 0.5) is 5.69 Å². The number of hydrogen-bond acceptors (Lipinski definition) is 4. The number of rotatable bonds is 5. The Labute approximate surface area is 195 Å². The lowest BCUT2D eigenvalue weighted by molar-refractivity contribution is 0.0741. The Balaban J connectivity index is 1.24. The highest BCUT2D eigenvalue weighted by atomic mass is 16.5. The van der Waals surface area contributed by atoms with Gasteiger partial charge in [0, 0.05) is 51.3 Å². The van der Waals surface area contributed by atoms with Crippen LogP contribution in [-0.4, -0.2) is 53.1 Å². The maximum absolute atomic E-state index is 13.2. The standard InChI is InChI=1S/C27H32N4O2/c1-3-33-25-10-5-4-9-24(25)29-13-15-30(16-14-29)27(32)23-19-31-18-22(11-12-26(31)28-23)21-8-6-7-20(2)17-21/h4-10,17,19,22H,3,11-16,18H2,1-2H3. The molecule has 2 aromatic carbocycles. The smallest absolute Gasteiger partial charge is 0.274 e. The summed E-state index contributed by atoms with van der Waals surface area (Å²) in [5.74, 6) is 2.46. The summed E-state index contributed by atoms with van der Waals surface area (Å²) in [5, 5.41) is 0. The summed E-state index contributed by atoms with van der Waals surface area (Å²) in [5.41, 5.74) is 4.36. The number of para-hydroxylation sites is 2. The van der Waals surface area contributed by atoms with Crippen molar-refractivity contribution in [2.75, 3.05) is 37.7 Å². The molecule has 3 aromatic rings. The van der Waals surface area contributed by atoms with E-state index in [4.69, 9.17) is 9.72 Å². The van der Waals surface area contributed by atoms with Crippen LogP contribution in [0.5, 0.6) is 5.75 Å². The monoisotopic (exact) mass is 444 g/mol. The van der Waals surface area contributed by atoms with E-state index < -0.39 is 0 Å². The van der Waals surface area contributed by atoms with E-state index in [0.29, 0.717) is 31.3 Å². The summed E-state index contributed by atoms with van der Waals surface area (Å²) < 4.78 is 7.99. The van der Waals surface area contributed by atoms with Gasteiger partial charge in [-0.05, 0) is 38.0 Å². The fourth-order valence-electron chi connectivity index (χ4n) is 5.05. The maximum Gasteiger partial charge on any atom is 0.274 e. The molecule has 3 heterocycles. The summed E-state index contributed by atoms with van der Waals surface area (Å²) in [6.45, 7) is 8.63. The molecule has 0 radical (unpaired) electrons. The molecule has 1 unspecified atom stereocenters. The Morgan fingerprint density at radius 1 is 1.09 bits per heavy atom. The molecule has 33 heavy (non-hydrogen) atoms. The Kier molecular flexibility index (Phi) is 6.07. The first kappa shape index (κ1) is 21.6. The summed E-state index contributed by atoms with van der Waals surface area (Å²) >= 11 is 0. The molecule has 1 aromatic heterocycles. The topological polar surface area (TPSA) is 50.6 Å². The van der Waals surface area contributed by atoms with Crippen molar-refractivity contribution in [1.29, 1.82) is 0 Å². The van der Waals surface area contributed by atoms with Gasteiger partial charge >= 0.3 is 0 Å². The van der Waals surface area contributed by atoms with Crippen molar-refractivity contribution >= 4 is 11.6 Å². The molecule has 1 fully saturated rings. The quantitative estimate of drug-likeness (QED) is 0.589. The van der Waals surface area contributed by atoms with E-state index in [1.165, 1.54) is 11.1 Å². The second-order valence-corrected chi connectivity index (χ2v) is 9.02. The normalized spacial score (nSPS) is 18.2. The Hall–Kier alpha value is -3.28. The zero-order chi connectivity index (χ0) is 22.8. The van der Waals surface area contributed by atoms with E-state index >= 15 is 0 Å². The van der Waals surface area contributed by atoms with Gasteiger partial charge in [0.15, 0.2) is 0 Å². The van der Waals surface area contributed by atoms with Crippen LogP contribution in [0.1, 0.15) is 46.7 Å². The van der Waals surface area contributed by atoms with Gasteiger partial charge in [0.05, 0.1) is 12.3 Å². The van der Waals surface area contributed by atoms with E-state index in [2.05, 4.69) is 46.7 Å². The fraction of sp³-hybridized carbons (Fsp3) is 0.407. The molecule has 5 rings (SSSR count). The minimum atomic E-state index is 0.0433. The Morgan fingerprint density at radius 2 is 1.91 bits per heavy atom. The third kappa shape index (κ3) is 4.47. The number of hydrogen-bond donors (Lipinski definition) is 0. The predicted octanol–water partition coefficient (Wildman–Crippen LogP) is 4.28. The molecule has 2 aliphatic heterocycles. The number of carbonyl (C=O) groups is 1. The first-order valence-electron chi connectivity index (χ1n) is 12.0. The number of amides is 1. The van der Waals surface area contributed by atoms with Gasteiger partial charge in [-0.1, -0.05) is 42.0 Å². The number of benzene rings is 2. The highest BCUT2D eigenvalue weighted by Crippen LogP contribution is 2.31. The van der Waals surface area contributed by atoms with Gasteiger partial charge in [0.25, 0.3) is 5.91 Å². The molecular weight excluding hydrogens is 412 g/mol. The number of nitrogens with zero attached hydrogens (tertiary/aromatic N) is 4. The number of piperazine rings is 1. The molecule has 0 N–H and O–H groups in total. The van der Waals surface area contributed by atoms with Crippen LogP contribution in [0.15, 0.2) is 54.7 Å². The van der Waals surface area contributed by atoms with Crippen LogP contribution >= 0.6 is 0 Å². The predicted molar refractivity (Wildman–Crippen MR) is 130 cm³/mol. The van der Waals surface area contributed by atoms with Gasteiger partial charge in [-0.3, -0.25) is 4.79 Å². The molecular formula is C27H32N4O2. The zero-order valence-corrected chi connectivity index (χ0v) is 19.5. The van der Waals surface area contributed by atoms with Gasteiger partial charge in [-0.25, -0.2) is 4.98 Å². The lowest BCUT2D eigenvalue weighted by Crippen LogP contribution is -2.49. The van der Waals surface area contributed by atoms with Crippen molar-refractivity contribution < 1.29 is 9.53 Å². The van der Waals surface area contributed by atoms with Crippen molar-refractivity contribution in [3.05, 3.63) is 77.4 Å². The Morgan fingerprint density at radius 3 is 2.70 bits per heavy atom. The molecule has 6 nitrogen and oxygen atoms in total. The van der Waals surface area contributed by atoms with Gasteiger partial charge < -0.3 is 19.1 Å². The summed E-state index contributed by atoms with van der Waals surface area (Å²) in [6.07, 6.45) is 3.95.